The fourth-order valence-electron chi connectivity index (χ4n) is 5.13. The van der Waals surface area contributed by atoms with E-state index in [2.05, 4.69) is 87.2 Å². The van der Waals surface area contributed by atoms with Gasteiger partial charge < -0.3 is 14.4 Å². The van der Waals surface area contributed by atoms with Gasteiger partial charge in [0.2, 0.25) is 0 Å². The molecule has 0 radical (unpaired) electrons. The minimum absolute atomic E-state index is 0.359. The number of nitrogens with one attached hydrogen (secondary N) is 1. The molecule has 5 nitrogen and oxygen atoms in total. The highest BCUT2D eigenvalue weighted by Gasteiger charge is 2.20. The Morgan fingerprint density at radius 3 is 2.61 bits per heavy atom. The van der Waals surface area contributed by atoms with Gasteiger partial charge in [-0.2, -0.15) is 0 Å². The van der Waals surface area contributed by atoms with Crippen molar-refractivity contribution in [1.82, 2.24) is 15.2 Å². The fourth-order valence-corrected chi connectivity index (χ4v) is 5.93. The molecule has 36 heavy (non-hydrogen) atoms. The van der Waals surface area contributed by atoms with Crippen molar-refractivity contribution >= 4 is 17.6 Å². The Kier molecular flexibility index (Phi) is 8.94. The number of anilines is 1. The Balaban J connectivity index is 1.07. The summed E-state index contributed by atoms with van der Waals surface area (Å²) in [7, 11) is 2.14. The Morgan fingerprint density at radius 1 is 1.03 bits per heavy atom. The Morgan fingerprint density at radius 2 is 1.81 bits per heavy atom. The Bertz CT molecular complexity index is 1080. The van der Waals surface area contributed by atoms with Gasteiger partial charge in [-0.05, 0) is 97.6 Å². The molecule has 0 amide bonds. The molecule has 1 aliphatic carbocycles. The van der Waals surface area contributed by atoms with Crippen molar-refractivity contribution in [2.24, 2.45) is 0 Å². The van der Waals surface area contributed by atoms with Crippen LogP contribution in [0, 0.1) is 0 Å². The number of aromatic nitrogens is 1. The quantitative estimate of drug-likeness (QED) is 0.361. The molecule has 1 unspecified atom stereocenters. The summed E-state index contributed by atoms with van der Waals surface area (Å²) >= 11 is 1.77. The first kappa shape index (κ1) is 25.3. The second-order valence-corrected chi connectivity index (χ2v) is 11.0. The molecule has 2 heterocycles. The minimum Gasteiger partial charge on any atom is -0.379 e. The number of pyridine rings is 1. The third-order valence-corrected chi connectivity index (χ3v) is 8.22. The molecule has 6 heteroatoms. The van der Waals surface area contributed by atoms with Crippen LogP contribution in [0.4, 0.5) is 5.69 Å². The van der Waals surface area contributed by atoms with E-state index in [-0.39, 0.29) is 0 Å². The van der Waals surface area contributed by atoms with Crippen molar-refractivity contribution < 1.29 is 4.74 Å². The molecule has 1 aromatic heterocycles. The van der Waals surface area contributed by atoms with Gasteiger partial charge in [0.15, 0.2) is 0 Å². The lowest BCUT2D eigenvalue weighted by Crippen LogP contribution is -2.36. The van der Waals surface area contributed by atoms with Crippen LogP contribution >= 0.6 is 11.9 Å². The molecular weight excluding hydrogens is 464 g/mol. The van der Waals surface area contributed by atoms with Gasteiger partial charge in [0.05, 0.1) is 24.9 Å². The van der Waals surface area contributed by atoms with Crippen LogP contribution in [0.2, 0.25) is 0 Å². The van der Waals surface area contributed by atoms with Crippen molar-refractivity contribution in [3.8, 4) is 0 Å². The normalized spacial score (nSPS) is 18.1. The number of rotatable bonds is 10. The maximum atomic E-state index is 5.44. The van der Waals surface area contributed by atoms with E-state index >= 15 is 0 Å². The van der Waals surface area contributed by atoms with Crippen LogP contribution < -0.4 is 9.62 Å². The van der Waals surface area contributed by atoms with E-state index in [0.29, 0.717) is 6.04 Å². The van der Waals surface area contributed by atoms with Crippen LogP contribution in [0.25, 0.3) is 0 Å². The smallest absolute Gasteiger partial charge is 0.0605 e. The van der Waals surface area contributed by atoms with Crippen LogP contribution in [0.5, 0.6) is 0 Å². The summed E-state index contributed by atoms with van der Waals surface area (Å²) in [5.41, 5.74) is 6.59. The summed E-state index contributed by atoms with van der Waals surface area (Å²) in [5.74, 6) is 0. The van der Waals surface area contributed by atoms with Crippen molar-refractivity contribution in [2.75, 3.05) is 44.2 Å². The predicted octanol–water partition coefficient (Wildman–Crippen LogP) is 5.66. The zero-order valence-electron chi connectivity index (χ0n) is 21.4. The Hall–Kier alpha value is -2.38. The molecule has 2 aromatic carbocycles. The molecule has 1 N–H and O–H groups in total. The molecule has 1 atom stereocenters. The third-order valence-electron chi connectivity index (χ3n) is 7.26. The van der Waals surface area contributed by atoms with Crippen molar-refractivity contribution in [1.29, 1.82) is 0 Å². The van der Waals surface area contributed by atoms with Gasteiger partial charge in [-0.15, -0.1) is 0 Å². The van der Waals surface area contributed by atoms with Gasteiger partial charge in [-0.3, -0.25) is 9.88 Å². The molecule has 2 aliphatic rings. The zero-order valence-corrected chi connectivity index (χ0v) is 22.2. The largest absolute Gasteiger partial charge is 0.379 e. The van der Waals surface area contributed by atoms with Gasteiger partial charge in [0.25, 0.3) is 0 Å². The SMILES string of the molecule is CN(Sc1ccc(CNC2CCCc3cccnc32)cc1)c1ccc(CCCN2CCOCC2)cc1. The summed E-state index contributed by atoms with van der Waals surface area (Å²) in [4.78, 5) is 8.41. The fraction of sp³-hybridized carbons (Fsp3) is 0.433. The average Bonchev–Trinajstić information content (AvgIpc) is 2.93. The standard InChI is InChI=1S/C30H38N4OS/c1-33(27-13-9-24(10-14-27)5-4-18-34-19-21-35-22-20-34)36-28-15-11-25(12-16-28)23-32-29-8-2-6-26-7-3-17-31-30(26)29/h3,7,9-17,29,32H,2,4-6,8,18-23H2,1H3. The molecule has 1 fully saturated rings. The highest BCUT2D eigenvalue weighted by Crippen LogP contribution is 2.29. The van der Waals surface area contributed by atoms with E-state index < -0.39 is 0 Å². The second-order valence-electron chi connectivity index (χ2n) is 9.83. The molecule has 0 bridgehead atoms. The molecule has 0 saturated carbocycles. The maximum absolute atomic E-state index is 5.44. The summed E-state index contributed by atoms with van der Waals surface area (Å²) in [6.07, 6.45) is 7.80. The third kappa shape index (κ3) is 6.88. The number of hydrogen-bond acceptors (Lipinski definition) is 6. The molecular formula is C30H38N4OS. The summed E-state index contributed by atoms with van der Waals surface area (Å²) in [5, 5.41) is 3.73. The van der Waals surface area contributed by atoms with Crippen LogP contribution in [-0.2, 0) is 24.1 Å². The summed E-state index contributed by atoms with van der Waals surface area (Å²) < 4.78 is 7.68. The average molecular weight is 503 g/mol. The Labute approximate surface area is 220 Å². The molecule has 1 aliphatic heterocycles. The lowest BCUT2D eigenvalue weighted by molar-refractivity contribution is 0.0375. The van der Waals surface area contributed by atoms with Crippen molar-refractivity contribution in [3.05, 3.63) is 89.2 Å². The van der Waals surface area contributed by atoms with Crippen LogP contribution in [0.3, 0.4) is 0 Å². The van der Waals surface area contributed by atoms with Gasteiger partial charge in [-0.1, -0.05) is 30.3 Å². The lowest BCUT2D eigenvalue weighted by Gasteiger charge is -2.26. The molecule has 190 valence electrons. The second kappa shape index (κ2) is 12.7. The molecule has 5 rings (SSSR count). The zero-order chi connectivity index (χ0) is 24.6. The van der Waals surface area contributed by atoms with E-state index in [1.165, 1.54) is 45.8 Å². The molecule has 1 saturated heterocycles. The highest BCUT2D eigenvalue weighted by atomic mass is 32.2. The summed E-state index contributed by atoms with van der Waals surface area (Å²) in [6.45, 7) is 5.94. The van der Waals surface area contributed by atoms with Gasteiger partial charge in [0.1, 0.15) is 0 Å². The maximum Gasteiger partial charge on any atom is 0.0605 e. The van der Waals surface area contributed by atoms with Crippen LogP contribution in [0.15, 0.2) is 71.8 Å². The van der Waals surface area contributed by atoms with Crippen molar-refractivity contribution in [2.45, 2.75) is 49.6 Å². The number of benzene rings is 2. The van der Waals surface area contributed by atoms with Crippen LogP contribution in [-0.4, -0.2) is 49.8 Å². The first-order valence-corrected chi connectivity index (χ1v) is 14.1. The number of nitrogens with zero attached hydrogens (tertiary/aromatic N) is 3. The first-order valence-electron chi connectivity index (χ1n) is 13.3. The van der Waals surface area contributed by atoms with Gasteiger partial charge in [-0.25, -0.2) is 0 Å². The number of fused-ring (bicyclic) bond motifs is 1. The van der Waals surface area contributed by atoms with Crippen LogP contribution in [0.1, 0.15) is 47.7 Å². The molecule has 3 aromatic rings. The number of ether oxygens (including phenoxy) is 1. The topological polar surface area (TPSA) is 40.6 Å². The minimum atomic E-state index is 0.359. The first-order chi connectivity index (χ1) is 17.7. The number of hydrogen-bond donors (Lipinski definition) is 1. The van der Waals surface area contributed by atoms with Gasteiger partial charge in [0, 0.05) is 43.5 Å². The van der Waals surface area contributed by atoms with Crippen molar-refractivity contribution in [3.63, 3.8) is 0 Å². The highest BCUT2D eigenvalue weighted by molar-refractivity contribution is 8.00. The number of aryl methyl sites for hydroxylation is 2. The lowest BCUT2D eigenvalue weighted by atomic mass is 9.92. The van der Waals surface area contributed by atoms with E-state index in [9.17, 15) is 0 Å². The van der Waals surface area contributed by atoms with E-state index in [1.54, 1.807) is 11.9 Å². The number of morpholine rings is 1. The predicted molar refractivity (Wildman–Crippen MR) is 149 cm³/mol. The monoisotopic (exact) mass is 502 g/mol. The van der Waals surface area contributed by atoms with E-state index in [1.807, 2.05) is 6.20 Å². The van der Waals surface area contributed by atoms with E-state index in [4.69, 9.17) is 4.74 Å². The summed E-state index contributed by atoms with van der Waals surface area (Å²) in [6, 6.07) is 22.6. The van der Waals surface area contributed by atoms with E-state index in [0.717, 1.165) is 58.7 Å². The van der Waals surface area contributed by atoms with Gasteiger partial charge >= 0.3 is 0 Å². The molecule has 0 spiro atoms.